The quantitative estimate of drug-likeness (QED) is 0.881. The molecule has 1 aromatic heterocycles. The van der Waals surface area contributed by atoms with Gasteiger partial charge < -0.3 is 14.8 Å². The van der Waals surface area contributed by atoms with Gasteiger partial charge in [0.05, 0.1) is 21.9 Å². The van der Waals surface area contributed by atoms with Gasteiger partial charge in [0.2, 0.25) is 0 Å². The molecule has 2 fully saturated rings. The molecule has 0 unspecified atom stereocenters. The number of rotatable bonds is 2. The lowest BCUT2D eigenvalue weighted by atomic mass is 9.90. The van der Waals surface area contributed by atoms with Gasteiger partial charge in [-0.3, -0.25) is 4.79 Å². The van der Waals surface area contributed by atoms with Crippen LogP contribution in [0.3, 0.4) is 0 Å². The lowest BCUT2D eigenvalue weighted by Gasteiger charge is -2.35. The predicted octanol–water partition coefficient (Wildman–Crippen LogP) is 3.23. The Bertz CT molecular complexity index is 481. The van der Waals surface area contributed by atoms with Crippen molar-refractivity contribution in [2.45, 2.75) is 44.4 Å². The lowest BCUT2D eigenvalue weighted by Crippen LogP contribution is -2.43. The number of aryl methyl sites for hydroxylation is 1. The van der Waals surface area contributed by atoms with Crippen molar-refractivity contribution in [3.05, 3.63) is 20.3 Å². The third-order valence-corrected chi connectivity index (χ3v) is 6.11. The molecular formula is C14H18BrNO3S. The van der Waals surface area contributed by atoms with Gasteiger partial charge in [-0.05, 0) is 47.3 Å². The highest BCUT2D eigenvalue weighted by atomic mass is 79.9. The molecule has 110 valence electrons. The minimum absolute atomic E-state index is 0.0259. The molecule has 0 atom stereocenters. The third-order valence-electron chi connectivity index (χ3n) is 3.98. The van der Waals surface area contributed by atoms with Gasteiger partial charge in [0, 0.05) is 18.9 Å². The number of hydrogen-bond acceptors (Lipinski definition) is 4. The summed E-state index contributed by atoms with van der Waals surface area (Å²) in [5.41, 5.74) is 1.11. The highest BCUT2D eigenvalue weighted by Gasteiger charge is 2.40. The van der Waals surface area contributed by atoms with Crippen LogP contribution in [-0.4, -0.2) is 30.9 Å². The zero-order valence-corrected chi connectivity index (χ0v) is 13.8. The highest BCUT2D eigenvalue weighted by Crippen LogP contribution is 2.36. The van der Waals surface area contributed by atoms with Crippen LogP contribution in [0.5, 0.6) is 0 Å². The maximum absolute atomic E-state index is 12.2. The molecule has 4 nitrogen and oxygen atoms in total. The molecule has 1 amide bonds. The van der Waals surface area contributed by atoms with Gasteiger partial charge in [-0.1, -0.05) is 0 Å². The Morgan fingerprint density at radius 1 is 1.40 bits per heavy atom. The van der Waals surface area contributed by atoms with E-state index in [1.54, 1.807) is 0 Å². The number of thiophene rings is 1. The van der Waals surface area contributed by atoms with Crippen molar-refractivity contribution < 1.29 is 14.3 Å². The molecule has 1 aliphatic heterocycles. The van der Waals surface area contributed by atoms with E-state index in [1.807, 2.05) is 13.0 Å². The van der Waals surface area contributed by atoms with Crippen LogP contribution in [0.25, 0.3) is 0 Å². The van der Waals surface area contributed by atoms with Crippen LogP contribution in [0.2, 0.25) is 0 Å². The first-order chi connectivity index (χ1) is 9.58. The van der Waals surface area contributed by atoms with Gasteiger partial charge in [0.1, 0.15) is 0 Å². The van der Waals surface area contributed by atoms with Crippen LogP contribution < -0.4 is 5.32 Å². The number of carbonyl (C=O) groups excluding carboxylic acids is 1. The van der Waals surface area contributed by atoms with Crippen molar-refractivity contribution in [2.24, 2.45) is 0 Å². The zero-order valence-electron chi connectivity index (χ0n) is 11.4. The van der Waals surface area contributed by atoms with E-state index in [1.165, 1.54) is 11.3 Å². The average molecular weight is 360 g/mol. The van der Waals surface area contributed by atoms with Crippen molar-refractivity contribution in [3.63, 3.8) is 0 Å². The molecule has 0 aromatic carbocycles. The fourth-order valence-electron chi connectivity index (χ4n) is 2.82. The molecule has 20 heavy (non-hydrogen) atoms. The smallest absolute Gasteiger partial charge is 0.261 e. The number of nitrogens with one attached hydrogen (secondary N) is 1. The first-order valence-electron chi connectivity index (χ1n) is 6.93. The van der Waals surface area contributed by atoms with E-state index in [4.69, 9.17) is 9.47 Å². The SMILES string of the molecule is Cc1cc(C(=O)NC2CCC3(CC2)OCCO3)sc1Br. The Morgan fingerprint density at radius 3 is 2.60 bits per heavy atom. The number of ether oxygens (including phenoxy) is 2. The second kappa shape index (κ2) is 5.75. The molecular weight excluding hydrogens is 342 g/mol. The summed E-state index contributed by atoms with van der Waals surface area (Å²) in [7, 11) is 0. The Balaban J connectivity index is 1.55. The minimum Gasteiger partial charge on any atom is -0.349 e. The second-order valence-corrected chi connectivity index (χ2v) is 7.79. The normalized spacial score (nSPS) is 22.3. The summed E-state index contributed by atoms with van der Waals surface area (Å²) in [6.07, 6.45) is 3.56. The Morgan fingerprint density at radius 2 is 2.05 bits per heavy atom. The summed E-state index contributed by atoms with van der Waals surface area (Å²) >= 11 is 4.94. The number of halogens is 1. The van der Waals surface area contributed by atoms with Crippen molar-refractivity contribution in [1.29, 1.82) is 0 Å². The van der Waals surface area contributed by atoms with Gasteiger partial charge in [-0.25, -0.2) is 0 Å². The van der Waals surface area contributed by atoms with Crippen molar-refractivity contribution in [3.8, 4) is 0 Å². The minimum atomic E-state index is -0.357. The van der Waals surface area contributed by atoms with Crippen LogP contribution in [0.1, 0.15) is 40.9 Å². The summed E-state index contributed by atoms with van der Waals surface area (Å²) in [6, 6.07) is 2.15. The molecule has 1 aromatic rings. The maximum atomic E-state index is 12.2. The molecule has 1 N–H and O–H groups in total. The molecule has 1 aliphatic carbocycles. The van der Waals surface area contributed by atoms with Crippen LogP contribution in [0, 0.1) is 6.92 Å². The predicted molar refractivity (Wildman–Crippen MR) is 81.1 cm³/mol. The second-order valence-electron chi connectivity index (χ2n) is 5.42. The average Bonchev–Trinajstić information content (AvgIpc) is 3.01. The van der Waals surface area contributed by atoms with E-state index < -0.39 is 0 Å². The first kappa shape index (κ1) is 14.5. The summed E-state index contributed by atoms with van der Waals surface area (Å²) < 4.78 is 12.4. The van der Waals surface area contributed by atoms with Crippen molar-refractivity contribution >= 4 is 33.2 Å². The van der Waals surface area contributed by atoms with Gasteiger partial charge in [0.25, 0.3) is 5.91 Å². The van der Waals surface area contributed by atoms with Gasteiger partial charge in [0.15, 0.2) is 5.79 Å². The van der Waals surface area contributed by atoms with E-state index in [9.17, 15) is 4.79 Å². The van der Waals surface area contributed by atoms with Crippen LogP contribution in [0.15, 0.2) is 9.85 Å². The monoisotopic (exact) mass is 359 g/mol. The molecule has 6 heteroatoms. The van der Waals surface area contributed by atoms with Gasteiger partial charge >= 0.3 is 0 Å². The molecule has 1 spiro atoms. The summed E-state index contributed by atoms with van der Waals surface area (Å²) in [5, 5.41) is 3.12. The van der Waals surface area contributed by atoms with E-state index in [-0.39, 0.29) is 17.7 Å². The molecule has 1 saturated heterocycles. The summed E-state index contributed by atoms with van der Waals surface area (Å²) in [5.74, 6) is -0.331. The van der Waals surface area contributed by atoms with Crippen LogP contribution >= 0.6 is 27.3 Å². The van der Waals surface area contributed by atoms with E-state index in [0.29, 0.717) is 13.2 Å². The first-order valence-corrected chi connectivity index (χ1v) is 8.54. The largest absolute Gasteiger partial charge is 0.349 e. The highest BCUT2D eigenvalue weighted by molar-refractivity contribution is 9.11. The fraction of sp³-hybridized carbons (Fsp3) is 0.643. The molecule has 2 aliphatic rings. The van der Waals surface area contributed by atoms with Crippen LogP contribution in [0.4, 0.5) is 0 Å². The maximum Gasteiger partial charge on any atom is 0.261 e. The van der Waals surface area contributed by atoms with E-state index in [0.717, 1.165) is 39.9 Å². The number of hydrogen-bond donors (Lipinski definition) is 1. The molecule has 2 heterocycles. The Hall–Kier alpha value is -0.430. The van der Waals surface area contributed by atoms with Crippen molar-refractivity contribution in [1.82, 2.24) is 5.32 Å². The number of amides is 1. The summed E-state index contributed by atoms with van der Waals surface area (Å²) in [4.78, 5) is 13.0. The zero-order chi connectivity index (χ0) is 14.2. The lowest BCUT2D eigenvalue weighted by molar-refractivity contribution is -0.179. The Kier molecular flexibility index (Phi) is 4.17. The number of carbonyl (C=O) groups is 1. The molecule has 3 rings (SSSR count). The van der Waals surface area contributed by atoms with Crippen molar-refractivity contribution in [2.75, 3.05) is 13.2 Å². The van der Waals surface area contributed by atoms with Crippen LogP contribution in [-0.2, 0) is 9.47 Å². The molecule has 0 bridgehead atoms. The standard InChI is InChI=1S/C14H18BrNO3S/c1-9-8-11(20-12(9)15)13(17)16-10-2-4-14(5-3-10)18-6-7-19-14/h8,10H,2-7H2,1H3,(H,16,17). The van der Waals surface area contributed by atoms with Gasteiger partial charge in [-0.15, -0.1) is 11.3 Å². The van der Waals surface area contributed by atoms with E-state index in [2.05, 4.69) is 21.2 Å². The van der Waals surface area contributed by atoms with Gasteiger partial charge in [-0.2, -0.15) is 0 Å². The Labute approximate surface area is 131 Å². The molecule has 0 radical (unpaired) electrons. The fourth-order valence-corrected chi connectivity index (χ4v) is 4.25. The topological polar surface area (TPSA) is 47.6 Å². The molecule has 1 saturated carbocycles. The third kappa shape index (κ3) is 2.93. The van der Waals surface area contributed by atoms with E-state index >= 15 is 0 Å². The summed E-state index contributed by atoms with van der Waals surface area (Å²) in [6.45, 7) is 3.38.